The Bertz CT molecular complexity index is 3080. The summed E-state index contributed by atoms with van der Waals surface area (Å²) in [6, 6.07) is 52.0. The van der Waals surface area contributed by atoms with Gasteiger partial charge >= 0.3 is 0 Å². The summed E-state index contributed by atoms with van der Waals surface area (Å²) in [6.07, 6.45) is 10.5. The highest BCUT2D eigenvalue weighted by molar-refractivity contribution is 6.14. The Balaban J connectivity index is 1.21. The number of hydrogen-bond donors (Lipinski definition) is 1. The largest absolute Gasteiger partial charge is 0.369 e. The molecule has 6 aromatic carbocycles. The van der Waals surface area contributed by atoms with Crippen molar-refractivity contribution in [1.29, 1.82) is 0 Å². The summed E-state index contributed by atoms with van der Waals surface area (Å²) in [4.78, 5) is 22.8. The lowest BCUT2D eigenvalue weighted by Crippen LogP contribution is -2.40. The first-order valence-electron chi connectivity index (χ1n) is 20.4. The van der Waals surface area contributed by atoms with Gasteiger partial charge in [0.2, 0.25) is 11.9 Å². The molecule has 2 aromatic heterocycles. The van der Waals surface area contributed by atoms with E-state index in [2.05, 4.69) is 133 Å². The molecule has 0 saturated heterocycles. The van der Waals surface area contributed by atoms with Crippen molar-refractivity contribution in [1.82, 2.24) is 19.5 Å². The van der Waals surface area contributed by atoms with Crippen LogP contribution >= 0.6 is 0 Å². The molecule has 0 spiro atoms. The van der Waals surface area contributed by atoms with Crippen LogP contribution in [0.3, 0.4) is 0 Å². The molecule has 0 unspecified atom stereocenters. The van der Waals surface area contributed by atoms with Crippen molar-refractivity contribution in [2.75, 3.05) is 4.90 Å². The van der Waals surface area contributed by atoms with Gasteiger partial charge in [0.15, 0.2) is 11.6 Å². The average molecular weight is 778 g/mol. The van der Waals surface area contributed by atoms with Crippen molar-refractivity contribution in [3.63, 3.8) is 0 Å². The summed E-state index contributed by atoms with van der Waals surface area (Å²) < 4.78 is 2.19. The van der Waals surface area contributed by atoms with Gasteiger partial charge in [0.05, 0.1) is 28.1 Å². The van der Waals surface area contributed by atoms with Crippen LogP contribution in [0.2, 0.25) is 0 Å². The van der Waals surface area contributed by atoms with Crippen LogP contribution in [-0.2, 0) is 5.41 Å². The number of fused-ring (bicyclic) bond motifs is 5. The zero-order chi connectivity index (χ0) is 40.8. The first-order chi connectivity index (χ1) is 29.3. The molecule has 0 amide bonds. The molecule has 10 rings (SSSR count). The first-order valence-corrected chi connectivity index (χ1v) is 20.4. The maximum absolute atomic E-state index is 7.29. The van der Waals surface area contributed by atoms with Crippen LogP contribution < -0.4 is 10.6 Å². The van der Waals surface area contributed by atoms with E-state index < -0.39 is 5.41 Å². The molecule has 60 heavy (non-hydrogen) atoms. The van der Waals surface area contributed by atoms with Crippen LogP contribution in [0.4, 0.5) is 11.4 Å². The highest BCUT2D eigenvalue weighted by atomic mass is 15.3. The minimum absolute atomic E-state index is 0.349. The maximum atomic E-state index is 7.29. The Hall–Kier alpha value is -7.64. The third-order valence-electron chi connectivity index (χ3n) is 11.6. The molecule has 1 aliphatic carbocycles. The van der Waals surface area contributed by atoms with Crippen LogP contribution in [0.5, 0.6) is 0 Å². The van der Waals surface area contributed by atoms with Gasteiger partial charge in [0.1, 0.15) is 0 Å². The highest BCUT2D eigenvalue weighted by Gasteiger charge is 2.38. The molecule has 0 bridgehead atoms. The van der Waals surface area contributed by atoms with E-state index in [9.17, 15) is 0 Å². The number of guanidine groups is 1. The van der Waals surface area contributed by atoms with E-state index in [1.807, 2.05) is 72.8 Å². The van der Waals surface area contributed by atoms with Gasteiger partial charge in [-0.2, -0.15) is 9.97 Å². The minimum atomic E-state index is -0.408. The number of hydrogen-bond acceptors (Lipinski definition) is 4. The smallest absolute Gasteiger partial charge is 0.238 e. The van der Waals surface area contributed by atoms with Crippen molar-refractivity contribution < 1.29 is 0 Å². The molecule has 2 N–H and O–H groups in total. The van der Waals surface area contributed by atoms with Gasteiger partial charge < -0.3 is 5.73 Å². The van der Waals surface area contributed by atoms with E-state index in [4.69, 9.17) is 25.7 Å². The Morgan fingerprint density at radius 2 is 1.33 bits per heavy atom. The van der Waals surface area contributed by atoms with E-state index in [1.54, 1.807) is 0 Å². The third-order valence-corrected chi connectivity index (χ3v) is 11.6. The van der Waals surface area contributed by atoms with Crippen LogP contribution in [0.15, 0.2) is 188 Å². The van der Waals surface area contributed by atoms with Gasteiger partial charge in [-0.05, 0) is 65.4 Å². The predicted molar refractivity (Wildman–Crippen MR) is 248 cm³/mol. The topological polar surface area (TPSA) is 85.2 Å². The van der Waals surface area contributed by atoms with Crippen LogP contribution in [0.25, 0.3) is 56.0 Å². The van der Waals surface area contributed by atoms with Gasteiger partial charge in [0, 0.05) is 32.9 Å². The van der Waals surface area contributed by atoms with Crippen molar-refractivity contribution in [3.05, 3.63) is 211 Å². The minimum Gasteiger partial charge on any atom is -0.369 e. The summed E-state index contributed by atoms with van der Waals surface area (Å²) in [5.74, 6) is 2.19. The number of rotatable bonds is 7. The third kappa shape index (κ3) is 6.41. The number of nitrogens with two attached hydrogens (primary N) is 1. The molecule has 0 atom stereocenters. The Morgan fingerprint density at radius 1 is 0.667 bits per heavy atom. The number of aliphatic imine (C=N–C) groups is 1. The quantitative estimate of drug-likeness (QED) is 0.0989. The molecule has 290 valence electrons. The van der Waals surface area contributed by atoms with Crippen molar-refractivity contribution >= 4 is 56.0 Å². The Labute approximate surface area is 349 Å². The standard InChI is InChI=1S/C53H43N7/c1-35(36-20-8-4-9-21-36)32-44(37-22-10-5-11-23-37)55-51(54)59-46-31-19-17-29-42(46)53(2,3)43-34-47-41(33-48(43)59)40-28-16-18-30-45(40)60(47)52-57-49(38-24-12-6-13-25-38)56-50(58-52)39-26-14-7-15-27-39/h4-6,8-14,16-34H,1,7,15H2,2-3H3,(H2,54,55)/b44-32-. The molecule has 2 aliphatic rings. The Morgan fingerprint density at radius 3 is 2.08 bits per heavy atom. The summed E-state index contributed by atoms with van der Waals surface area (Å²) in [5.41, 5.74) is 18.5. The van der Waals surface area contributed by atoms with E-state index in [-0.39, 0.29) is 0 Å². The monoisotopic (exact) mass is 777 g/mol. The van der Waals surface area contributed by atoms with Gasteiger partial charge in [-0.3, -0.25) is 9.47 Å². The fourth-order valence-corrected chi connectivity index (χ4v) is 8.58. The lowest BCUT2D eigenvalue weighted by Gasteiger charge is -2.41. The zero-order valence-corrected chi connectivity index (χ0v) is 33.6. The first kappa shape index (κ1) is 36.7. The molecule has 0 saturated carbocycles. The van der Waals surface area contributed by atoms with Crippen molar-refractivity contribution in [3.8, 4) is 17.3 Å². The molecule has 0 radical (unpaired) electrons. The van der Waals surface area contributed by atoms with Gasteiger partial charge in [-0.15, -0.1) is 0 Å². The van der Waals surface area contributed by atoms with Gasteiger partial charge in [-0.25, -0.2) is 9.98 Å². The van der Waals surface area contributed by atoms with Gasteiger partial charge in [-0.1, -0.05) is 166 Å². The van der Waals surface area contributed by atoms with Crippen molar-refractivity contribution in [2.24, 2.45) is 10.7 Å². The SMILES string of the molecule is C=C(/C=C(\N=C(N)N1c2ccccc2C(C)(C)c2cc3c(cc21)c1ccccc1n3-c1nc(C2=CCCC=C2)nc(-c2ccccc2)n1)c1ccccc1)c1ccccc1. The molecule has 1 aliphatic heterocycles. The summed E-state index contributed by atoms with van der Waals surface area (Å²) in [7, 11) is 0. The number of para-hydroxylation sites is 2. The number of allylic oxidation sites excluding steroid dienone is 6. The van der Waals surface area contributed by atoms with Crippen LogP contribution in [0.1, 0.15) is 54.8 Å². The average Bonchev–Trinajstić information content (AvgIpc) is 3.63. The predicted octanol–water partition coefficient (Wildman–Crippen LogP) is 12.2. The Kier molecular flexibility index (Phi) is 9.14. The molecular formula is C53H43N7. The molecule has 0 fully saturated rings. The van der Waals surface area contributed by atoms with E-state index in [1.165, 1.54) is 0 Å². The molecule has 7 nitrogen and oxygen atoms in total. The summed E-state index contributed by atoms with van der Waals surface area (Å²) in [5, 5.41) is 2.13. The number of anilines is 2. The molecule has 8 aromatic rings. The zero-order valence-electron chi connectivity index (χ0n) is 33.6. The normalized spacial score (nSPS) is 14.8. The fraction of sp³-hybridized carbons (Fsp3) is 0.0943. The molecule has 7 heteroatoms. The number of benzene rings is 6. The second-order valence-electron chi connectivity index (χ2n) is 15.8. The summed E-state index contributed by atoms with van der Waals surface area (Å²) >= 11 is 0. The lowest BCUT2D eigenvalue weighted by molar-refractivity contribution is 0.633. The van der Waals surface area contributed by atoms with E-state index >= 15 is 0 Å². The lowest BCUT2D eigenvalue weighted by atomic mass is 9.73. The molecular weight excluding hydrogens is 735 g/mol. The summed E-state index contributed by atoms with van der Waals surface area (Å²) in [6.45, 7) is 8.99. The maximum Gasteiger partial charge on any atom is 0.238 e. The van der Waals surface area contributed by atoms with Crippen LogP contribution in [0, 0.1) is 0 Å². The van der Waals surface area contributed by atoms with Gasteiger partial charge in [0.25, 0.3) is 0 Å². The fourth-order valence-electron chi connectivity index (χ4n) is 8.58. The van der Waals surface area contributed by atoms with E-state index in [0.717, 1.165) is 85.0 Å². The second kappa shape index (κ2) is 14.9. The van der Waals surface area contributed by atoms with Crippen molar-refractivity contribution in [2.45, 2.75) is 32.1 Å². The molecule has 3 heterocycles. The van der Waals surface area contributed by atoms with Crippen LogP contribution in [-0.4, -0.2) is 25.5 Å². The van der Waals surface area contributed by atoms with E-state index in [0.29, 0.717) is 29.3 Å². The number of nitrogens with zero attached hydrogens (tertiary/aromatic N) is 6. The highest BCUT2D eigenvalue weighted by Crippen LogP contribution is 2.51. The number of aromatic nitrogens is 4. The second-order valence-corrected chi connectivity index (χ2v) is 15.8.